The fraction of sp³-hybridized carbons (Fsp3) is 0.0556. The molecule has 28 heavy (non-hydrogen) atoms. The third kappa shape index (κ3) is 4.33. The third-order valence-corrected chi connectivity index (χ3v) is 4.06. The zero-order chi connectivity index (χ0) is 20.1. The molecule has 0 bridgehead atoms. The first-order valence-corrected chi connectivity index (χ1v) is 8.47. The first-order valence-electron chi connectivity index (χ1n) is 8.09. The summed E-state index contributed by atoms with van der Waals surface area (Å²) >= 11 is 5.98. The van der Waals surface area contributed by atoms with Crippen molar-refractivity contribution in [1.29, 1.82) is 0 Å². The number of hydrogen-bond acceptors (Lipinski definition) is 7. The number of aromatic nitrogens is 2. The molecule has 1 heterocycles. The Kier molecular flexibility index (Phi) is 5.66. The molecule has 0 fully saturated rings. The van der Waals surface area contributed by atoms with Crippen LogP contribution in [0.5, 0.6) is 0 Å². The Morgan fingerprint density at radius 2 is 1.75 bits per heavy atom. The topological polar surface area (TPSA) is 122 Å². The summed E-state index contributed by atoms with van der Waals surface area (Å²) < 4.78 is 0. The largest absolute Gasteiger partial charge is 0.355 e. The van der Waals surface area contributed by atoms with Crippen molar-refractivity contribution in [3.63, 3.8) is 0 Å². The van der Waals surface area contributed by atoms with Gasteiger partial charge in [0.15, 0.2) is 0 Å². The van der Waals surface area contributed by atoms with E-state index in [2.05, 4.69) is 26.1 Å². The van der Waals surface area contributed by atoms with Gasteiger partial charge in [0.2, 0.25) is 11.6 Å². The predicted octanol–water partition coefficient (Wildman–Crippen LogP) is 3.85. The van der Waals surface area contributed by atoms with E-state index in [1.54, 1.807) is 30.3 Å². The van der Waals surface area contributed by atoms with E-state index in [9.17, 15) is 14.9 Å². The van der Waals surface area contributed by atoms with Gasteiger partial charge >= 0.3 is 5.69 Å². The average Bonchev–Trinajstić information content (AvgIpc) is 2.68. The SMILES string of the molecule is Cc1ccc(Nc2ncnc(NNC(=O)c3ccccc3Cl)c2[N+](=O)[O-])cc1. The molecule has 10 heteroatoms. The molecule has 0 aliphatic carbocycles. The number of hydrogen-bond donors (Lipinski definition) is 3. The second-order valence-electron chi connectivity index (χ2n) is 5.73. The standard InChI is InChI=1S/C18H15ClN6O3/c1-11-6-8-12(9-7-11)22-16-15(25(27)28)17(21-10-20-16)23-24-18(26)13-4-2-3-5-14(13)19/h2-10H,1H3,(H,24,26)(H2,20,21,22,23). The number of nitro groups is 1. The second kappa shape index (κ2) is 8.31. The van der Waals surface area contributed by atoms with Crippen LogP contribution in [0, 0.1) is 17.0 Å². The fourth-order valence-electron chi connectivity index (χ4n) is 2.34. The Morgan fingerprint density at radius 1 is 1.07 bits per heavy atom. The number of benzene rings is 2. The molecule has 0 aliphatic rings. The van der Waals surface area contributed by atoms with Crippen LogP contribution in [-0.4, -0.2) is 20.8 Å². The molecule has 1 amide bonds. The Labute approximate surface area is 164 Å². The lowest BCUT2D eigenvalue weighted by molar-refractivity contribution is -0.383. The molecule has 2 aromatic carbocycles. The number of hydrazine groups is 1. The van der Waals surface area contributed by atoms with Crippen molar-refractivity contribution in [3.05, 3.63) is 81.1 Å². The van der Waals surface area contributed by atoms with Gasteiger partial charge in [-0.3, -0.25) is 25.8 Å². The highest BCUT2D eigenvalue weighted by atomic mass is 35.5. The predicted molar refractivity (Wildman–Crippen MR) is 106 cm³/mol. The van der Waals surface area contributed by atoms with Crippen molar-refractivity contribution in [2.45, 2.75) is 6.92 Å². The van der Waals surface area contributed by atoms with E-state index in [0.717, 1.165) is 11.9 Å². The molecule has 3 rings (SSSR count). The van der Waals surface area contributed by atoms with Crippen LogP contribution in [0.1, 0.15) is 15.9 Å². The Hall–Kier alpha value is -3.72. The van der Waals surface area contributed by atoms with Gasteiger partial charge in [-0.1, -0.05) is 41.4 Å². The summed E-state index contributed by atoms with van der Waals surface area (Å²) in [7, 11) is 0. The summed E-state index contributed by atoms with van der Waals surface area (Å²) in [6, 6.07) is 13.7. The molecule has 0 aliphatic heterocycles. The van der Waals surface area contributed by atoms with Crippen molar-refractivity contribution in [2.24, 2.45) is 0 Å². The number of nitrogens with zero attached hydrogens (tertiary/aromatic N) is 3. The van der Waals surface area contributed by atoms with E-state index >= 15 is 0 Å². The Balaban J connectivity index is 1.83. The molecule has 9 nitrogen and oxygen atoms in total. The minimum Gasteiger partial charge on any atom is -0.334 e. The van der Waals surface area contributed by atoms with Crippen molar-refractivity contribution in [3.8, 4) is 0 Å². The summed E-state index contributed by atoms with van der Waals surface area (Å²) in [5, 5.41) is 14.7. The van der Waals surface area contributed by atoms with E-state index in [-0.39, 0.29) is 22.2 Å². The van der Waals surface area contributed by atoms with Crippen molar-refractivity contribution in [2.75, 3.05) is 10.7 Å². The van der Waals surface area contributed by atoms with Crippen molar-refractivity contribution in [1.82, 2.24) is 15.4 Å². The van der Waals surface area contributed by atoms with Gasteiger partial charge in [-0.05, 0) is 31.2 Å². The fourth-order valence-corrected chi connectivity index (χ4v) is 2.56. The van der Waals surface area contributed by atoms with Crippen LogP contribution in [0.15, 0.2) is 54.9 Å². The number of carbonyl (C=O) groups excluding carboxylic acids is 1. The number of nitrogens with one attached hydrogen (secondary N) is 3. The smallest absolute Gasteiger partial charge is 0.334 e. The molecule has 3 aromatic rings. The van der Waals surface area contributed by atoms with Crippen molar-refractivity contribution < 1.29 is 9.72 Å². The molecular weight excluding hydrogens is 384 g/mol. The summed E-state index contributed by atoms with van der Waals surface area (Å²) in [6.45, 7) is 1.93. The summed E-state index contributed by atoms with van der Waals surface area (Å²) in [5.41, 5.74) is 6.29. The lowest BCUT2D eigenvalue weighted by Gasteiger charge is -2.11. The number of halogens is 1. The quantitative estimate of drug-likeness (QED) is 0.425. The third-order valence-electron chi connectivity index (χ3n) is 3.73. The minimum atomic E-state index is -0.638. The lowest BCUT2D eigenvalue weighted by atomic mass is 10.2. The Bertz CT molecular complexity index is 1030. The van der Waals surface area contributed by atoms with E-state index in [1.807, 2.05) is 19.1 Å². The maximum Gasteiger partial charge on any atom is 0.355 e. The van der Waals surface area contributed by atoms with Crippen LogP contribution in [-0.2, 0) is 0 Å². The van der Waals surface area contributed by atoms with E-state index in [4.69, 9.17) is 11.6 Å². The van der Waals surface area contributed by atoms with Gasteiger partial charge in [0.1, 0.15) is 6.33 Å². The van der Waals surface area contributed by atoms with Gasteiger partial charge in [0.05, 0.1) is 15.5 Å². The van der Waals surface area contributed by atoms with Crippen LogP contribution in [0.3, 0.4) is 0 Å². The molecular formula is C18H15ClN6O3. The van der Waals surface area contributed by atoms with Crippen molar-refractivity contribution >= 4 is 40.5 Å². The molecule has 0 saturated heterocycles. The Morgan fingerprint density at radius 3 is 2.43 bits per heavy atom. The van der Waals surface area contributed by atoms with Crippen LogP contribution in [0.4, 0.5) is 23.0 Å². The van der Waals surface area contributed by atoms with Gasteiger partial charge in [-0.15, -0.1) is 0 Å². The van der Waals surface area contributed by atoms with Gasteiger partial charge < -0.3 is 5.32 Å². The van der Waals surface area contributed by atoms with Crippen LogP contribution < -0.4 is 16.2 Å². The maximum atomic E-state index is 12.2. The molecule has 142 valence electrons. The highest BCUT2D eigenvalue weighted by Gasteiger charge is 2.24. The van der Waals surface area contributed by atoms with E-state index in [1.165, 1.54) is 6.07 Å². The monoisotopic (exact) mass is 398 g/mol. The average molecular weight is 399 g/mol. The van der Waals surface area contributed by atoms with Crippen LogP contribution in [0.2, 0.25) is 5.02 Å². The molecule has 1 aromatic heterocycles. The van der Waals surface area contributed by atoms with E-state index in [0.29, 0.717) is 5.69 Å². The zero-order valence-electron chi connectivity index (χ0n) is 14.6. The number of aryl methyl sites for hydroxylation is 1. The first-order chi connectivity index (χ1) is 13.5. The number of amides is 1. The molecule has 0 radical (unpaired) electrons. The van der Waals surface area contributed by atoms with Gasteiger partial charge in [0.25, 0.3) is 5.91 Å². The first kappa shape index (κ1) is 19.1. The van der Waals surface area contributed by atoms with Gasteiger partial charge in [-0.25, -0.2) is 9.97 Å². The van der Waals surface area contributed by atoms with Gasteiger partial charge in [0, 0.05) is 5.69 Å². The van der Waals surface area contributed by atoms with Gasteiger partial charge in [-0.2, -0.15) is 0 Å². The number of anilines is 3. The normalized spacial score (nSPS) is 10.2. The van der Waals surface area contributed by atoms with E-state index < -0.39 is 16.5 Å². The van der Waals surface area contributed by atoms with Crippen LogP contribution >= 0.6 is 11.6 Å². The highest BCUT2D eigenvalue weighted by Crippen LogP contribution is 2.30. The zero-order valence-corrected chi connectivity index (χ0v) is 15.4. The lowest BCUT2D eigenvalue weighted by Crippen LogP contribution is -2.30. The molecule has 0 unspecified atom stereocenters. The maximum absolute atomic E-state index is 12.2. The molecule has 0 spiro atoms. The summed E-state index contributed by atoms with van der Waals surface area (Å²) in [6.07, 6.45) is 1.15. The molecule has 0 saturated carbocycles. The second-order valence-corrected chi connectivity index (χ2v) is 6.13. The number of carbonyl (C=O) groups is 1. The molecule has 0 atom stereocenters. The summed E-state index contributed by atoms with van der Waals surface area (Å²) in [5.74, 6) is -0.750. The highest BCUT2D eigenvalue weighted by molar-refractivity contribution is 6.33. The number of rotatable bonds is 6. The summed E-state index contributed by atoms with van der Waals surface area (Å²) in [4.78, 5) is 31.0. The van der Waals surface area contributed by atoms with Crippen LogP contribution in [0.25, 0.3) is 0 Å². The minimum absolute atomic E-state index is 0.0154. The molecule has 3 N–H and O–H groups in total.